The second kappa shape index (κ2) is 10.8. The van der Waals surface area contributed by atoms with Gasteiger partial charge in [-0.1, -0.05) is 6.08 Å². The number of rotatable bonds is 6. The van der Waals surface area contributed by atoms with Gasteiger partial charge in [0.15, 0.2) is 12.6 Å². The fourth-order valence-electron chi connectivity index (χ4n) is 4.33. The van der Waals surface area contributed by atoms with Gasteiger partial charge in [-0.15, -0.1) is 0 Å². The number of aliphatic hydroxyl groups is 10. The van der Waals surface area contributed by atoms with E-state index in [1.54, 1.807) is 0 Å². The van der Waals surface area contributed by atoms with Crippen LogP contribution in [0.5, 0.6) is 0 Å². The molecule has 2 saturated heterocycles. The third kappa shape index (κ3) is 5.24. The van der Waals surface area contributed by atoms with Gasteiger partial charge in [0, 0.05) is 0 Å². The first-order valence-electron chi connectivity index (χ1n) is 10.6. The van der Waals surface area contributed by atoms with Gasteiger partial charge in [-0.3, -0.25) is 0 Å². The Morgan fingerprint density at radius 1 is 0.848 bits per heavy atom. The van der Waals surface area contributed by atoms with Crippen molar-refractivity contribution in [2.75, 3.05) is 13.2 Å². The average Bonchev–Trinajstić information content (AvgIpc) is 2.79. The number of ether oxygens (including phenoxy) is 3. The molecule has 14 nitrogen and oxygen atoms in total. The van der Waals surface area contributed by atoms with E-state index in [4.69, 9.17) is 14.2 Å². The molecule has 0 aromatic carbocycles. The van der Waals surface area contributed by atoms with E-state index >= 15 is 0 Å². The molecule has 1 aliphatic carbocycles. The zero-order valence-corrected chi connectivity index (χ0v) is 17.8. The van der Waals surface area contributed by atoms with Crippen LogP contribution in [0.25, 0.3) is 0 Å². The molecule has 0 aromatic heterocycles. The summed E-state index contributed by atoms with van der Waals surface area (Å²) in [5.74, 6) is 0. The average molecular weight is 483 g/mol. The predicted octanol–water partition coefficient (Wildman–Crippen LogP) is -6.39. The lowest BCUT2D eigenvalue weighted by Gasteiger charge is -2.47. The van der Waals surface area contributed by atoms with Gasteiger partial charge in [0.1, 0.15) is 54.9 Å². The maximum atomic E-state index is 10.7. The summed E-state index contributed by atoms with van der Waals surface area (Å²) in [6, 6.07) is -2.02. The third-order valence-corrected chi connectivity index (χ3v) is 6.36. The van der Waals surface area contributed by atoms with Crippen LogP contribution in [0.1, 0.15) is 6.92 Å². The second-order valence-corrected chi connectivity index (χ2v) is 8.56. The van der Waals surface area contributed by atoms with E-state index in [0.29, 0.717) is 0 Å². The zero-order chi connectivity index (χ0) is 24.6. The highest BCUT2D eigenvalue weighted by Crippen LogP contribution is 2.29. The molecule has 0 aromatic rings. The summed E-state index contributed by atoms with van der Waals surface area (Å²) >= 11 is 0. The SMILES string of the molecule is CC1OC(OC2C(CO)OC(O)C(O)C2O)C(O)C(O)C1NC1C=C(CO)C(O)C(O)C1O. The van der Waals surface area contributed by atoms with E-state index in [9.17, 15) is 51.1 Å². The van der Waals surface area contributed by atoms with E-state index in [2.05, 4.69) is 5.32 Å². The number of nitrogens with one attached hydrogen (secondary N) is 1. The van der Waals surface area contributed by atoms with Crippen LogP contribution in [-0.4, -0.2) is 150 Å². The largest absolute Gasteiger partial charge is 0.394 e. The molecule has 14 heteroatoms. The van der Waals surface area contributed by atoms with Crippen molar-refractivity contribution in [3.63, 3.8) is 0 Å². The monoisotopic (exact) mass is 483 g/mol. The first-order valence-corrected chi connectivity index (χ1v) is 10.6. The van der Waals surface area contributed by atoms with E-state index in [1.165, 1.54) is 13.0 Å². The molecule has 0 bridgehead atoms. The summed E-state index contributed by atoms with van der Waals surface area (Å²) in [6.07, 6.45) is -16.8. The van der Waals surface area contributed by atoms with E-state index in [1.807, 2.05) is 0 Å². The summed E-state index contributed by atoms with van der Waals surface area (Å²) in [4.78, 5) is 0. The Hall–Kier alpha value is -0.820. The molecule has 192 valence electrons. The van der Waals surface area contributed by atoms with Crippen LogP contribution >= 0.6 is 0 Å². The lowest BCUT2D eigenvalue weighted by Crippen LogP contribution is -2.68. The zero-order valence-electron chi connectivity index (χ0n) is 17.8. The quantitative estimate of drug-likeness (QED) is 0.157. The number of aliphatic hydroxyl groups excluding tert-OH is 10. The van der Waals surface area contributed by atoms with Crippen molar-refractivity contribution >= 4 is 0 Å². The summed E-state index contributed by atoms with van der Waals surface area (Å²) < 4.78 is 16.1. The smallest absolute Gasteiger partial charge is 0.187 e. The Labute approximate surface area is 188 Å². The molecule has 2 heterocycles. The highest BCUT2D eigenvalue weighted by molar-refractivity contribution is 5.22. The van der Waals surface area contributed by atoms with Gasteiger partial charge in [-0.25, -0.2) is 0 Å². The Morgan fingerprint density at radius 2 is 1.52 bits per heavy atom. The van der Waals surface area contributed by atoms with Crippen LogP contribution in [0.4, 0.5) is 0 Å². The van der Waals surface area contributed by atoms with Crippen LogP contribution in [-0.2, 0) is 14.2 Å². The Balaban J connectivity index is 1.71. The first kappa shape index (κ1) is 26.8. The molecule has 14 atom stereocenters. The summed E-state index contributed by atoms with van der Waals surface area (Å²) in [5.41, 5.74) is 0.0630. The summed E-state index contributed by atoms with van der Waals surface area (Å²) in [7, 11) is 0. The van der Waals surface area contributed by atoms with E-state index in [-0.39, 0.29) is 5.57 Å². The Bertz CT molecular complexity index is 680. The predicted molar refractivity (Wildman–Crippen MR) is 105 cm³/mol. The van der Waals surface area contributed by atoms with E-state index < -0.39 is 98.9 Å². The molecule has 2 aliphatic heterocycles. The Kier molecular flexibility index (Phi) is 8.80. The molecular formula is C19H33NO13. The van der Waals surface area contributed by atoms with Crippen LogP contribution in [0, 0.1) is 0 Å². The van der Waals surface area contributed by atoms with Crippen molar-refractivity contribution in [3.8, 4) is 0 Å². The van der Waals surface area contributed by atoms with Gasteiger partial charge in [-0.2, -0.15) is 0 Å². The molecular weight excluding hydrogens is 450 g/mol. The second-order valence-electron chi connectivity index (χ2n) is 8.56. The lowest BCUT2D eigenvalue weighted by atomic mass is 9.86. The standard InChI is InChI=1S/C19H33NO13/c1-5-9(20-7-2-6(3-21)10(23)13(26)11(7)24)12(25)16(29)19(31-5)33-17-8(4-22)32-18(30)15(28)14(17)27/h2,5,7-30H,3-4H2,1H3. The molecule has 2 fully saturated rings. The number of hydrogen-bond acceptors (Lipinski definition) is 14. The minimum Gasteiger partial charge on any atom is -0.394 e. The van der Waals surface area contributed by atoms with Gasteiger partial charge < -0.3 is 70.6 Å². The minimum absolute atomic E-state index is 0.0630. The fraction of sp³-hybridized carbons (Fsp3) is 0.895. The van der Waals surface area contributed by atoms with Gasteiger partial charge in [0.2, 0.25) is 0 Å². The lowest BCUT2D eigenvalue weighted by molar-refractivity contribution is -0.345. The van der Waals surface area contributed by atoms with Gasteiger partial charge >= 0.3 is 0 Å². The highest BCUT2D eigenvalue weighted by Gasteiger charge is 2.50. The van der Waals surface area contributed by atoms with Crippen molar-refractivity contribution in [3.05, 3.63) is 11.6 Å². The highest BCUT2D eigenvalue weighted by atomic mass is 16.7. The van der Waals surface area contributed by atoms with Crippen molar-refractivity contribution in [2.24, 2.45) is 0 Å². The van der Waals surface area contributed by atoms with Gasteiger partial charge in [0.05, 0.1) is 31.4 Å². The summed E-state index contributed by atoms with van der Waals surface area (Å²) in [6.45, 7) is 0.249. The van der Waals surface area contributed by atoms with Crippen LogP contribution in [0.3, 0.4) is 0 Å². The molecule has 33 heavy (non-hydrogen) atoms. The molecule has 0 spiro atoms. The Morgan fingerprint density at radius 3 is 2.12 bits per heavy atom. The summed E-state index contributed by atoms with van der Waals surface area (Å²) in [5, 5.41) is 103. The van der Waals surface area contributed by atoms with Crippen LogP contribution in [0.15, 0.2) is 11.6 Å². The first-order chi connectivity index (χ1) is 15.5. The van der Waals surface area contributed by atoms with Crippen molar-refractivity contribution in [2.45, 2.75) is 92.6 Å². The van der Waals surface area contributed by atoms with E-state index in [0.717, 1.165) is 0 Å². The van der Waals surface area contributed by atoms with Crippen molar-refractivity contribution in [1.29, 1.82) is 0 Å². The topological polar surface area (TPSA) is 242 Å². The van der Waals surface area contributed by atoms with Gasteiger partial charge in [0.25, 0.3) is 0 Å². The normalized spacial score (nSPS) is 51.3. The molecule has 11 N–H and O–H groups in total. The third-order valence-electron chi connectivity index (χ3n) is 6.36. The molecule has 3 rings (SSSR count). The fourth-order valence-corrected chi connectivity index (χ4v) is 4.33. The molecule has 3 aliphatic rings. The van der Waals surface area contributed by atoms with Crippen molar-refractivity contribution < 1.29 is 65.3 Å². The van der Waals surface area contributed by atoms with Gasteiger partial charge in [-0.05, 0) is 12.5 Å². The maximum absolute atomic E-state index is 10.7. The van der Waals surface area contributed by atoms with Crippen molar-refractivity contribution in [1.82, 2.24) is 5.32 Å². The molecule has 14 unspecified atom stereocenters. The van der Waals surface area contributed by atoms with Crippen LogP contribution in [0.2, 0.25) is 0 Å². The number of hydrogen-bond donors (Lipinski definition) is 11. The maximum Gasteiger partial charge on any atom is 0.187 e. The molecule has 0 saturated carbocycles. The molecule has 0 radical (unpaired) electrons. The van der Waals surface area contributed by atoms with Crippen LogP contribution < -0.4 is 5.32 Å². The minimum atomic E-state index is -1.76. The molecule has 0 amide bonds.